The first-order chi connectivity index (χ1) is 22.1. The second-order valence-corrected chi connectivity index (χ2v) is 17.3. The van der Waals surface area contributed by atoms with E-state index in [9.17, 15) is 40.9 Å². The van der Waals surface area contributed by atoms with Gasteiger partial charge in [0.2, 0.25) is 0 Å². The molecule has 0 aromatic rings. The van der Waals surface area contributed by atoms with Crippen LogP contribution < -0.4 is 0 Å². The Kier molecular flexibility index (Phi) is 10.6. The highest BCUT2D eigenvalue weighted by atomic mass is 32.3. The molecule has 272 valence electrons. The summed E-state index contributed by atoms with van der Waals surface area (Å²) in [5, 5.41) is 21.8. The maximum atomic E-state index is 12.7. The summed E-state index contributed by atoms with van der Waals surface area (Å²) in [4.78, 5) is 12.7. The van der Waals surface area contributed by atoms with Gasteiger partial charge >= 0.3 is 20.8 Å². The van der Waals surface area contributed by atoms with Gasteiger partial charge in [0.15, 0.2) is 12.1 Å². The molecule has 5 rings (SSSR count). The van der Waals surface area contributed by atoms with Crippen LogP contribution in [0, 0.1) is 28.6 Å². The number of carbonyl (C=O) groups is 1. The summed E-state index contributed by atoms with van der Waals surface area (Å²) in [6.07, 6.45) is -0.374. The molecular formula is C33H50O13S2. The lowest BCUT2D eigenvalue weighted by Gasteiger charge is -2.59. The van der Waals surface area contributed by atoms with Crippen LogP contribution in [0.15, 0.2) is 34.4 Å². The van der Waals surface area contributed by atoms with Gasteiger partial charge in [-0.2, -0.15) is 16.8 Å². The summed E-state index contributed by atoms with van der Waals surface area (Å²) in [7, 11) is -9.67. The van der Waals surface area contributed by atoms with Crippen molar-refractivity contribution in [1.82, 2.24) is 0 Å². The molecule has 4 N–H and O–H groups in total. The van der Waals surface area contributed by atoms with Crippen LogP contribution in [0.1, 0.15) is 92.9 Å². The Bertz CT molecular complexity index is 1580. The van der Waals surface area contributed by atoms with E-state index in [1.807, 2.05) is 20.8 Å². The lowest BCUT2D eigenvalue weighted by Crippen LogP contribution is -2.61. The van der Waals surface area contributed by atoms with Crippen LogP contribution in [0.2, 0.25) is 0 Å². The predicted molar refractivity (Wildman–Crippen MR) is 173 cm³/mol. The molecule has 4 aliphatic carbocycles. The normalized spacial score (nSPS) is 42.6. The second-order valence-electron chi connectivity index (χ2n) is 15.2. The molecule has 0 radical (unpaired) electrons. The average Bonchev–Trinajstić information content (AvgIpc) is 3.30. The lowest BCUT2D eigenvalue weighted by atomic mass is 9.48. The molecule has 0 aromatic heterocycles. The summed E-state index contributed by atoms with van der Waals surface area (Å²) in [6, 6.07) is 0. The van der Waals surface area contributed by atoms with Gasteiger partial charge in [-0.25, -0.2) is 8.37 Å². The van der Waals surface area contributed by atoms with Gasteiger partial charge in [-0.05, 0) is 107 Å². The molecule has 0 bridgehead atoms. The van der Waals surface area contributed by atoms with Gasteiger partial charge in [0.25, 0.3) is 0 Å². The predicted octanol–water partition coefficient (Wildman–Crippen LogP) is 4.03. The van der Waals surface area contributed by atoms with Gasteiger partial charge in [-0.3, -0.25) is 13.9 Å². The molecule has 1 saturated heterocycles. The Hall–Kier alpha value is -1.53. The van der Waals surface area contributed by atoms with Crippen molar-refractivity contribution >= 4 is 26.6 Å². The van der Waals surface area contributed by atoms with E-state index in [1.54, 1.807) is 6.08 Å². The smallest absolute Gasteiger partial charge is 0.387 e. The topological polar surface area (TPSA) is 203 Å². The van der Waals surface area contributed by atoms with Crippen molar-refractivity contribution in [2.45, 2.75) is 136 Å². The van der Waals surface area contributed by atoms with Gasteiger partial charge in [0, 0.05) is 6.42 Å². The highest BCUT2D eigenvalue weighted by molar-refractivity contribution is 7.81. The molecule has 13 nitrogen and oxygen atoms in total. The summed E-state index contributed by atoms with van der Waals surface area (Å²) in [5.41, 5.74) is 4.00. The Morgan fingerprint density at radius 2 is 1.65 bits per heavy atom. The van der Waals surface area contributed by atoms with E-state index in [4.69, 9.17) is 13.7 Å². The number of fused-ring (bicyclic) bond motifs is 5. The van der Waals surface area contributed by atoms with Crippen LogP contribution in [0.5, 0.6) is 0 Å². The minimum absolute atomic E-state index is 0.0616. The molecule has 1 aliphatic heterocycles. The Morgan fingerprint density at radius 1 is 0.979 bits per heavy atom. The van der Waals surface area contributed by atoms with Crippen LogP contribution in [0.25, 0.3) is 0 Å². The Morgan fingerprint density at radius 3 is 2.27 bits per heavy atom. The molecule has 0 aromatic carbocycles. The third-order valence-corrected chi connectivity index (χ3v) is 12.7. The van der Waals surface area contributed by atoms with Gasteiger partial charge in [0.05, 0.1) is 18.3 Å². The highest BCUT2D eigenvalue weighted by Crippen LogP contribution is 2.66. The number of rotatable bonds is 9. The molecule has 0 spiro atoms. The first-order valence-electron chi connectivity index (χ1n) is 16.7. The number of hydrogen-bond donors (Lipinski definition) is 4. The number of ketones is 1. The average molecular weight is 719 g/mol. The molecule has 0 unspecified atom stereocenters. The fourth-order valence-corrected chi connectivity index (χ4v) is 10.8. The number of allylic oxidation sites excluding steroid dienone is 6. The van der Waals surface area contributed by atoms with Gasteiger partial charge in [-0.1, -0.05) is 42.2 Å². The van der Waals surface area contributed by atoms with Crippen molar-refractivity contribution in [3.05, 3.63) is 34.4 Å². The van der Waals surface area contributed by atoms with Crippen molar-refractivity contribution in [1.29, 1.82) is 0 Å². The van der Waals surface area contributed by atoms with Crippen LogP contribution >= 0.6 is 0 Å². The SMILES string of the molecule is CC(C)=CC(=O)C/C(C)=C1\CC[C@@H]2[C@H]3C[C@H](O[C@H]4O[C@@H](C)[C@H](OS(=O)(=O)O)[C@@H](O)[C@@H]4O)[C@H]4C[C@H](OS(=O)(=O)O)CC[C@@]4(C)C3=CC[C@]12C. The summed E-state index contributed by atoms with van der Waals surface area (Å²) < 4.78 is 86.8. The quantitative estimate of drug-likeness (QED) is 0.151. The zero-order chi connectivity index (χ0) is 35.6. The zero-order valence-corrected chi connectivity index (χ0v) is 30.0. The summed E-state index contributed by atoms with van der Waals surface area (Å²) in [5.74, 6) is 0.0494. The molecular weight excluding hydrogens is 668 g/mol. The van der Waals surface area contributed by atoms with Gasteiger partial charge < -0.3 is 19.7 Å². The zero-order valence-electron chi connectivity index (χ0n) is 28.4. The van der Waals surface area contributed by atoms with E-state index in [0.29, 0.717) is 25.7 Å². The van der Waals surface area contributed by atoms with Crippen LogP contribution in [-0.2, 0) is 43.4 Å². The molecule has 12 atom stereocenters. The van der Waals surface area contributed by atoms with E-state index in [0.717, 1.165) is 30.4 Å². The number of aliphatic hydroxyl groups excluding tert-OH is 2. The van der Waals surface area contributed by atoms with Crippen molar-refractivity contribution in [3.8, 4) is 0 Å². The number of aliphatic hydroxyl groups is 2. The van der Waals surface area contributed by atoms with E-state index in [2.05, 4.69) is 24.1 Å². The number of ether oxygens (including phenoxy) is 2. The van der Waals surface area contributed by atoms with Crippen LogP contribution in [-0.4, -0.2) is 84.9 Å². The first-order valence-corrected chi connectivity index (χ1v) is 19.4. The Balaban J connectivity index is 1.47. The van der Waals surface area contributed by atoms with E-state index >= 15 is 0 Å². The molecule has 15 heteroatoms. The standard InChI is InChI=1S/C33H50O13S2/c1-17(2)13-20(34)14-18(3)23-7-8-24-22-16-27(44-31-29(36)28(35)30(19(4)43-31)46-48(40,41)42)26-15-21(45-47(37,38)39)9-11-33(26,6)25(22)10-12-32(23,24)5/h10,13,19,21-22,24,26-31,35-36H,7-9,11-12,14-16H2,1-6H3,(H,37,38,39)(H,40,41,42)/b23-18+/t19-,21+,22+,24+,26+,27-,28-,29-,30-,31+,32+,33-/m0/s1. The molecule has 3 saturated carbocycles. The monoisotopic (exact) mass is 718 g/mol. The van der Waals surface area contributed by atoms with Gasteiger partial charge in [0.1, 0.15) is 18.3 Å². The van der Waals surface area contributed by atoms with Crippen LogP contribution in [0.3, 0.4) is 0 Å². The first kappa shape index (κ1) is 37.7. The molecule has 0 amide bonds. The van der Waals surface area contributed by atoms with Crippen molar-refractivity contribution in [2.24, 2.45) is 28.6 Å². The van der Waals surface area contributed by atoms with Crippen LogP contribution in [0.4, 0.5) is 0 Å². The number of carbonyl (C=O) groups excluding carboxylic acids is 1. The maximum Gasteiger partial charge on any atom is 0.397 e. The lowest BCUT2D eigenvalue weighted by molar-refractivity contribution is -0.312. The largest absolute Gasteiger partial charge is 0.397 e. The van der Waals surface area contributed by atoms with Crippen molar-refractivity contribution in [2.75, 3.05) is 0 Å². The second kappa shape index (κ2) is 13.5. The Labute approximate surface area is 283 Å². The minimum Gasteiger partial charge on any atom is -0.387 e. The highest BCUT2D eigenvalue weighted by Gasteiger charge is 2.60. The third kappa shape index (κ3) is 7.55. The summed E-state index contributed by atoms with van der Waals surface area (Å²) >= 11 is 0. The minimum atomic E-state index is -4.96. The van der Waals surface area contributed by atoms with E-state index < -0.39 is 69.1 Å². The molecule has 5 aliphatic rings. The fourth-order valence-electron chi connectivity index (χ4n) is 9.74. The third-order valence-electron chi connectivity index (χ3n) is 11.7. The van der Waals surface area contributed by atoms with Gasteiger partial charge in [-0.15, -0.1) is 0 Å². The molecule has 4 fully saturated rings. The molecule has 48 heavy (non-hydrogen) atoms. The number of hydrogen-bond acceptors (Lipinski definition) is 11. The fraction of sp³-hybridized carbons (Fsp3) is 0.788. The maximum absolute atomic E-state index is 12.7. The van der Waals surface area contributed by atoms with Crippen molar-refractivity contribution < 1.29 is 58.8 Å². The summed E-state index contributed by atoms with van der Waals surface area (Å²) in [6.45, 7) is 11.7. The van der Waals surface area contributed by atoms with E-state index in [-0.39, 0.29) is 35.4 Å². The molecule has 1 heterocycles. The van der Waals surface area contributed by atoms with E-state index in [1.165, 1.54) is 18.1 Å². The van der Waals surface area contributed by atoms with Crippen molar-refractivity contribution in [3.63, 3.8) is 0 Å².